The van der Waals surface area contributed by atoms with E-state index in [2.05, 4.69) is 19.5 Å². The van der Waals surface area contributed by atoms with Gasteiger partial charge in [0.05, 0.1) is 0 Å². The molecule has 0 radical (unpaired) electrons. The highest BCUT2D eigenvalue weighted by Gasteiger charge is 2.43. The van der Waals surface area contributed by atoms with Gasteiger partial charge in [0.1, 0.15) is 12.1 Å². The van der Waals surface area contributed by atoms with E-state index in [1.165, 1.54) is 18.0 Å². The van der Waals surface area contributed by atoms with E-state index in [-0.39, 0.29) is 22.9 Å². The second-order valence-electron chi connectivity index (χ2n) is 5.32. The molecule has 0 aliphatic carbocycles. The number of methoxy groups -OCH3 is 1. The molecular weight excluding hydrogens is 369 g/mol. The number of allylic oxidation sites excluding steroid dienone is 1. The molecule has 0 aromatic carbocycles. The molecule has 3 atom stereocenters. The van der Waals surface area contributed by atoms with Gasteiger partial charge >= 0.3 is 7.82 Å². The molecule has 12 nitrogen and oxygen atoms in total. The first-order chi connectivity index (χ1) is 12.3. The quantitative estimate of drug-likeness (QED) is 0.599. The zero-order valence-electron chi connectivity index (χ0n) is 14.2. The van der Waals surface area contributed by atoms with Crippen LogP contribution in [-0.2, 0) is 23.1 Å². The third-order valence-corrected chi connectivity index (χ3v) is 4.69. The summed E-state index contributed by atoms with van der Waals surface area (Å²) in [6.07, 6.45) is -0.0764. The number of phosphoric ester groups is 1. The number of nitrogens with zero attached hydrogens (tertiary/aromatic N) is 3. The second kappa shape index (κ2) is 6.72. The molecule has 13 heteroatoms. The summed E-state index contributed by atoms with van der Waals surface area (Å²) in [6.45, 7) is 1.77. The minimum atomic E-state index is -4.32. The Morgan fingerprint density at radius 3 is 2.85 bits per heavy atom. The fourth-order valence-corrected chi connectivity index (χ4v) is 3.16. The number of anilines is 1. The van der Waals surface area contributed by atoms with Gasteiger partial charge in [-0.25, -0.2) is 9.55 Å². The van der Waals surface area contributed by atoms with Crippen molar-refractivity contribution in [2.24, 2.45) is 0 Å². The molecule has 0 saturated carbocycles. The first kappa shape index (κ1) is 18.4. The van der Waals surface area contributed by atoms with Crippen molar-refractivity contribution in [3.05, 3.63) is 28.2 Å². The lowest BCUT2D eigenvalue weighted by atomic mass is 10.2. The Bertz CT molecular complexity index is 967. The van der Waals surface area contributed by atoms with Crippen molar-refractivity contribution in [3.63, 3.8) is 0 Å². The molecule has 0 bridgehead atoms. The van der Waals surface area contributed by atoms with Crippen molar-refractivity contribution in [2.75, 3.05) is 20.0 Å². The number of nitrogens with two attached hydrogens (primary N) is 1. The zero-order chi connectivity index (χ0) is 19.1. The van der Waals surface area contributed by atoms with Gasteiger partial charge in [0.15, 0.2) is 23.0 Å². The molecule has 2 aromatic rings. The molecule has 4 N–H and O–H groups in total. The number of fused-ring (bicyclic) bond motifs is 1. The van der Waals surface area contributed by atoms with E-state index in [1.807, 2.05) is 0 Å². The van der Waals surface area contributed by atoms with E-state index in [9.17, 15) is 14.3 Å². The summed E-state index contributed by atoms with van der Waals surface area (Å²) in [7, 11) is -1.90. The molecule has 142 valence electrons. The molecule has 0 spiro atoms. The van der Waals surface area contributed by atoms with E-state index >= 15 is 0 Å². The standard InChI is InChI=1S/C13H18N5O7P/c1-4-6-8(25-26(20,21)23-3)9(22-2)12(24-6)18-5-15-7-10(18)16-13(14)17-11(7)19/h5,9,12H,4H2,1-3H3,(H,20,21)(H3,14,16,17,19). The Hall–Kier alpha value is -2.40. The number of imidazole rings is 1. The van der Waals surface area contributed by atoms with Gasteiger partial charge < -0.3 is 19.7 Å². The lowest BCUT2D eigenvalue weighted by molar-refractivity contribution is -0.0298. The summed E-state index contributed by atoms with van der Waals surface area (Å²) >= 11 is 0. The van der Waals surface area contributed by atoms with Crippen molar-refractivity contribution >= 4 is 24.9 Å². The minimum Gasteiger partial charge on any atom is -0.467 e. The Labute approximate surface area is 147 Å². The summed E-state index contributed by atoms with van der Waals surface area (Å²) in [5.41, 5.74) is 5.34. The maximum absolute atomic E-state index is 11.9. The number of nitrogens with one attached hydrogen (secondary N) is 1. The smallest absolute Gasteiger partial charge is 0.467 e. The Morgan fingerprint density at radius 1 is 1.50 bits per heavy atom. The highest BCUT2D eigenvalue weighted by Crippen LogP contribution is 2.50. The van der Waals surface area contributed by atoms with Crippen LogP contribution in [-0.4, -0.2) is 44.7 Å². The molecule has 1 aliphatic rings. The van der Waals surface area contributed by atoms with Crippen molar-refractivity contribution in [1.29, 1.82) is 0 Å². The molecule has 2 aromatic heterocycles. The van der Waals surface area contributed by atoms with E-state index in [0.29, 0.717) is 12.2 Å². The molecule has 0 fully saturated rings. The van der Waals surface area contributed by atoms with E-state index in [1.54, 1.807) is 6.92 Å². The van der Waals surface area contributed by atoms with Crippen molar-refractivity contribution in [1.82, 2.24) is 19.5 Å². The third-order valence-electron chi connectivity index (χ3n) is 3.80. The number of ether oxygens (including phenoxy) is 2. The van der Waals surface area contributed by atoms with Crippen LogP contribution in [0.25, 0.3) is 11.2 Å². The van der Waals surface area contributed by atoms with Gasteiger partial charge in [-0.05, 0) is 0 Å². The monoisotopic (exact) mass is 387 g/mol. The second-order valence-corrected chi connectivity index (χ2v) is 6.81. The van der Waals surface area contributed by atoms with Crippen LogP contribution in [0.1, 0.15) is 19.6 Å². The lowest BCUT2D eigenvalue weighted by Gasteiger charge is -2.21. The Morgan fingerprint density at radius 2 is 2.23 bits per heavy atom. The van der Waals surface area contributed by atoms with Crippen molar-refractivity contribution in [3.8, 4) is 0 Å². The van der Waals surface area contributed by atoms with E-state index in [4.69, 9.17) is 19.7 Å². The number of phosphoric acid groups is 1. The molecule has 3 rings (SSSR count). The van der Waals surface area contributed by atoms with Crippen LogP contribution in [0.15, 0.2) is 22.6 Å². The van der Waals surface area contributed by atoms with Gasteiger partial charge in [0, 0.05) is 20.6 Å². The molecule has 0 amide bonds. The predicted molar refractivity (Wildman–Crippen MR) is 88.7 cm³/mol. The molecule has 1 aliphatic heterocycles. The molecule has 26 heavy (non-hydrogen) atoms. The zero-order valence-corrected chi connectivity index (χ0v) is 15.1. The van der Waals surface area contributed by atoms with Crippen LogP contribution in [0.4, 0.5) is 5.95 Å². The fraction of sp³-hybridized carbons (Fsp3) is 0.462. The van der Waals surface area contributed by atoms with Gasteiger partial charge in [-0.15, -0.1) is 0 Å². The number of rotatable bonds is 6. The Balaban J connectivity index is 2.06. The summed E-state index contributed by atoms with van der Waals surface area (Å²) in [5, 5.41) is 0. The van der Waals surface area contributed by atoms with Crippen LogP contribution in [0, 0.1) is 0 Å². The summed E-state index contributed by atoms with van der Waals surface area (Å²) in [6, 6.07) is 0. The number of H-pyrrole nitrogens is 1. The summed E-state index contributed by atoms with van der Waals surface area (Å²) < 4.78 is 34.1. The SMILES string of the molecule is CCC1=C(OP(=O)(O)OC)C(OC)C(n2cnc3c(=O)[nH]c(N)nc32)O1. The third kappa shape index (κ3) is 3.07. The van der Waals surface area contributed by atoms with E-state index < -0.39 is 25.7 Å². The number of hydrogen-bond donors (Lipinski definition) is 3. The van der Waals surface area contributed by atoms with Crippen LogP contribution in [0.3, 0.4) is 0 Å². The van der Waals surface area contributed by atoms with Crippen LogP contribution < -0.4 is 11.3 Å². The maximum Gasteiger partial charge on any atom is 0.527 e. The molecule has 3 heterocycles. The Kier molecular flexibility index (Phi) is 4.76. The topological polar surface area (TPSA) is 164 Å². The average Bonchev–Trinajstić information content (AvgIpc) is 3.15. The number of aromatic amines is 1. The highest BCUT2D eigenvalue weighted by atomic mass is 31.2. The van der Waals surface area contributed by atoms with Crippen molar-refractivity contribution in [2.45, 2.75) is 25.7 Å². The first-order valence-electron chi connectivity index (χ1n) is 7.54. The molecule has 3 unspecified atom stereocenters. The van der Waals surface area contributed by atoms with Gasteiger partial charge in [-0.3, -0.25) is 23.8 Å². The number of hydrogen-bond acceptors (Lipinski definition) is 9. The van der Waals surface area contributed by atoms with Gasteiger partial charge in [-0.1, -0.05) is 6.92 Å². The summed E-state index contributed by atoms with van der Waals surface area (Å²) in [4.78, 5) is 32.0. The maximum atomic E-state index is 11.9. The summed E-state index contributed by atoms with van der Waals surface area (Å²) in [5.74, 6) is 0.232. The average molecular weight is 387 g/mol. The highest BCUT2D eigenvalue weighted by molar-refractivity contribution is 7.47. The van der Waals surface area contributed by atoms with Crippen LogP contribution in [0.2, 0.25) is 0 Å². The van der Waals surface area contributed by atoms with Crippen molar-refractivity contribution < 1.29 is 28.0 Å². The largest absolute Gasteiger partial charge is 0.527 e. The predicted octanol–water partition coefficient (Wildman–Crippen LogP) is 0.631. The van der Waals surface area contributed by atoms with Gasteiger partial charge in [-0.2, -0.15) is 4.98 Å². The normalized spacial score (nSPS) is 22.5. The van der Waals surface area contributed by atoms with Crippen LogP contribution in [0.5, 0.6) is 0 Å². The molecular formula is C13H18N5O7P. The van der Waals surface area contributed by atoms with Gasteiger partial charge in [0.25, 0.3) is 5.56 Å². The lowest BCUT2D eigenvalue weighted by Crippen LogP contribution is -2.25. The minimum absolute atomic E-state index is 0.0207. The fourth-order valence-electron chi connectivity index (χ4n) is 2.63. The first-order valence-corrected chi connectivity index (χ1v) is 9.03. The number of aromatic nitrogens is 4. The molecule has 0 saturated heterocycles. The van der Waals surface area contributed by atoms with Crippen LogP contribution >= 0.6 is 7.82 Å². The van der Waals surface area contributed by atoms with Gasteiger partial charge in [0.2, 0.25) is 12.2 Å². The number of nitrogen functional groups attached to an aromatic ring is 1. The van der Waals surface area contributed by atoms with E-state index in [0.717, 1.165) is 7.11 Å².